The molecule has 7 nitrogen and oxygen atoms in total. The Hall–Kier alpha value is -2.41. The number of imide groups is 1. The Labute approximate surface area is 184 Å². The zero-order valence-electron chi connectivity index (χ0n) is 18.4. The molecule has 2 aliphatic heterocycles. The molecule has 2 heterocycles. The summed E-state index contributed by atoms with van der Waals surface area (Å²) in [5.41, 5.74) is 2.06. The zero-order chi connectivity index (χ0) is 21.8. The molecule has 1 aliphatic carbocycles. The van der Waals surface area contributed by atoms with Crippen LogP contribution in [0.4, 0.5) is 5.69 Å². The molecule has 1 saturated heterocycles. The van der Waals surface area contributed by atoms with Gasteiger partial charge in [0.1, 0.15) is 5.75 Å². The molecule has 3 aliphatic rings. The number of unbranched alkanes of at least 4 members (excludes halogenated alkanes) is 2. The van der Waals surface area contributed by atoms with Crippen LogP contribution in [0.15, 0.2) is 18.2 Å². The van der Waals surface area contributed by atoms with E-state index in [1.165, 1.54) is 10.5 Å². The molecule has 7 heteroatoms. The number of likely N-dealkylation sites (tertiary alicyclic amines) is 1. The Bertz CT molecular complexity index is 818. The number of amides is 3. The lowest BCUT2D eigenvalue weighted by atomic mass is 10.00. The number of hydrogen-bond donors (Lipinski definition) is 1. The van der Waals surface area contributed by atoms with Crippen LogP contribution in [0.2, 0.25) is 0 Å². The highest BCUT2D eigenvalue weighted by Gasteiger charge is 2.49. The fourth-order valence-electron chi connectivity index (χ4n) is 4.98. The minimum absolute atomic E-state index is 0.0179. The van der Waals surface area contributed by atoms with Gasteiger partial charge in [-0.05, 0) is 75.7 Å². The quantitative estimate of drug-likeness (QED) is 0.459. The van der Waals surface area contributed by atoms with Crippen molar-refractivity contribution < 1.29 is 19.1 Å². The van der Waals surface area contributed by atoms with Crippen LogP contribution >= 0.6 is 0 Å². The second kappa shape index (κ2) is 9.81. The van der Waals surface area contributed by atoms with E-state index in [2.05, 4.69) is 11.4 Å². The van der Waals surface area contributed by atoms with Crippen molar-refractivity contribution in [3.05, 3.63) is 23.8 Å². The summed E-state index contributed by atoms with van der Waals surface area (Å²) in [5, 5.41) is 3.46. The minimum atomic E-state index is -0.0208. The summed E-state index contributed by atoms with van der Waals surface area (Å²) >= 11 is 0. The highest BCUT2D eigenvalue weighted by Crippen LogP contribution is 2.39. The van der Waals surface area contributed by atoms with Gasteiger partial charge in [0, 0.05) is 13.6 Å². The molecule has 4 rings (SSSR count). The van der Waals surface area contributed by atoms with Crippen LogP contribution in [0.25, 0.3) is 0 Å². The molecule has 0 spiro atoms. The third-order valence-electron chi connectivity index (χ3n) is 6.85. The first-order valence-electron chi connectivity index (χ1n) is 11.6. The third kappa shape index (κ3) is 4.76. The Morgan fingerprint density at radius 3 is 2.45 bits per heavy atom. The van der Waals surface area contributed by atoms with E-state index in [0.29, 0.717) is 6.54 Å². The van der Waals surface area contributed by atoms with Gasteiger partial charge in [0.15, 0.2) is 6.61 Å². The van der Waals surface area contributed by atoms with Gasteiger partial charge in [0.25, 0.3) is 5.91 Å². The minimum Gasteiger partial charge on any atom is -0.482 e. The molecule has 0 aromatic heterocycles. The van der Waals surface area contributed by atoms with E-state index in [-0.39, 0.29) is 36.2 Å². The number of fused-ring (bicyclic) bond motifs is 2. The SMILES string of the molecule is CN1C(=O)COc2cc(CCCCNCCCCN3C(=O)C4CCCC4C3=O)ccc21. The summed E-state index contributed by atoms with van der Waals surface area (Å²) < 4.78 is 5.55. The van der Waals surface area contributed by atoms with Gasteiger partial charge in [0.2, 0.25) is 11.8 Å². The first-order valence-corrected chi connectivity index (χ1v) is 11.6. The van der Waals surface area contributed by atoms with Crippen LogP contribution in [-0.2, 0) is 20.8 Å². The molecule has 1 aromatic carbocycles. The van der Waals surface area contributed by atoms with Crippen molar-refractivity contribution >= 4 is 23.4 Å². The molecule has 1 N–H and O–H groups in total. The van der Waals surface area contributed by atoms with E-state index < -0.39 is 0 Å². The van der Waals surface area contributed by atoms with Crippen molar-refractivity contribution in [1.29, 1.82) is 0 Å². The summed E-state index contributed by atoms with van der Waals surface area (Å²) in [4.78, 5) is 39.5. The molecular weight excluding hydrogens is 394 g/mol. The standard InChI is InChI=1S/C24H33N3O4/c1-26-20-11-10-17(15-21(20)31-16-22(26)28)7-2-3-12-25-13-4-5-14-27-23(29)18-8-6-9-19(18)24(27)30/h10-11,15,18-19,25H,2-9,12-14,16H2,1H3. The number of aryl methyl sites for hydroxylation is 1. The van der Waals surface area contributed by atoms with Crippen molar-refractivity contribution in [2.45, 2.75) is 51.4 Å². The van der Waals surface area contributed by atoms with Gasteiger partial charge in [-0.15, -0.1) is 0 Å². The summed E-state index contributed by atoms with van der Waals surface area (Å²) in [6.07, 6.45) is 7.80. The molecular formula is C24H33N3O4. The van der Waals surface area contributed by atoms with E-state index in [9.17, 15) is 14.4 Å². The van der Waals surface area contributed by atoms with Gasteiger partial charge in [0.05, 0.1) is 17.5 Å². The second-order valence-corrected chi connectivity index (χ2v) is 8.93. The number of carbonyl (C=O) groups is 3. The molecule has 2 unspecified atom stereocenters. The van der Waals surface area contributed by atoms with Crippen LogP contribution in [0.1, 0.15) is 50.5 Å². The van der Waals surface area contributed by atoms with Gasteiger partial charge >= 0.3 is 0 Å². The second-order valence-electron chi connectivity index (χ2n) is 8.93. The summed E-state index contributed by atoms with van der Waals surface area (Å²) in [6.45, 7) is 2.56. The summed E-state index contributed by atoms with van der Waals surface area (Å²) in [5.74, 6) is 0.882. The predicted molar refractivity (Wildman–Crippen MR) is 118 cm³/mol. The molecule has 2 atom stereocenters. The predicted octanol–water partition coefficient (Wildman–Crippen LogP) is 2.52. The van der Waals surface area contributed by atoms with Gasteiger partial charge in [-0.1, -0.05) is 12.5 Å². The fourth-order valence-corrected chi connectivity index (χ4v) is 4.98. The van der Waals surface area contributed by atoms with Crippen molar-refractivity contribution in [3.8, 4) is 5.75 Å². The lowest BCUT2D eigenvalue weighted by Gasteiger charge is -2.26. The van der Waals surface area contributed by atoms with E-state index in [1.54, 1.807) is 11.9 Å². The van der Waals surface area contributed by atoms with E-state index in [0.717, 1.165) is 75.9 Å². The fraction of sp³-hybridized carbons (Fsp3) is 0.625. The number of nitrogens with one attached hydrogen (secondary N) is 1. The molecule has 2 fully saturated rings. The number of likely N-dealkylation sites (N-methyl/N-ethyl adjacent to an activating group) is 1. The monoisotopic (exact) mass is 427 g/mol. The van der Waals surface area contributed by atoms with Gasteiger partial charge in [-0.25, -0.2) is 0 Å². The van der Waals surface area contributed by atoms with Gasteiger partial charge in [-0.2, -0.15) is 0 Å². The highest BCUT2D eigenvalue weighted by molar-refractivity contribution is 6.05. The van der Waals surface area contributed by atoms with E-state index >= 15 is 0 Å². The average molecular weight is 428 g/mol. The van der Waals surface area contributed by atoms with Crippen molar-refractivity contribution in [2.24, 2.45) is 11.8 Å². The first kappa shape index (κ1) is 21.8. The average Bonchev–Trinajstić information content (AvgIpc) is 3.34. The number of hydrogen-bond acceptors (Lipinski definition) is 5. The molecule has 168 valence electrons. The van der Waals surface area contributed by atoms with E-state index in [4.69, 9.17) is 4.74 Å². The normalized spacial score (nSPS) is 22.7. The maximum Gasteiger partial charge on any atom is 0.264 e. The maximum atomic E-state index is 12.3. The Morgan fingerprint density at radius 1 is 1.00 bits per heavy atom. The smallest absolute Gasteiger partial charge is 0.264 e. The number of carbonyl (C=O) groups excluding carboxylic acids is 3. The number of anilines is 1. The summed E-state index contributed by atoms with van der Waals surface area (Å²) in [7, 11) is 1.78. The Morgan fingerprint density at radius 2 is 1.71 bits per heavy atom. The number of benzene rings is 1. The topological polar surface area (TPSA) is 79.0 Å². The number of nitrogens with zero attached hydrogens (tertiary/aromatic N) is 2. The lowest BCUT2D eigenvalue weighted by molar-refractivity contribution is -0.140. The molecule has 0 bridgehead atoms. The zero-order valence-corrected chi connectivity index (χ0v) is 18.4. The van der Waals surface area contributed by atoms with Crippen LogP contribution in [0, 0.1) is 11.8 Å². The Balaban J connectivity index is 1.06. The van der Waals surface area contributed by atoms with Crippen molar-refractivity contribution in [1.82, 2.24) is 10.2 Å². The van der Waals surface area contributed by atoms with Crippen LogP contribution in [-0.4, -0.2) is 55.9 Å². The number of ether oxygens (including phenoxy) is 1. The van der Waals surface area contributed by atoms with Crippen molar-refractivity contribution in [2.75, 3.05) is 38.2 Å². The molecule has 0 radical (unpaired) electrons. The Kier molecular flexibility index (Phi) is 6.90. The lowest BCUT2D eigenvalue weighted by Crippen LogP contribution is -2.35. The molecule has 3 amide bonds. The van der Waals surface area contributed by atoms with Crippen LogP contribution in [0.5, 0.6) is 5.75 Å². The molecule has 1 saturated carbocycles. The largest absolute Gasteiger partial charge is 0.482 e. The number of rotatable bonds is 10. The highest BCUT2D eigenvalue weighted by atomic mass is 16.5. The van der Waals surface area contributed by atoms with Crippen LogP contribution < -0.4 is 15.0 Å². The molecule has 1 aromatic rings. The van der Waals surface area contributed by atoms with Gasteiger partial charge in [-0.3, -0.25) is 19.3 Å². The third-order valence-corrected chi connectivity index (χ3v) is 6.85. The van der Waals surface area contributed by atoms with Crippen molar-refractivity contribution in [3.63, 3.8) is 0 Å². The van der Waals surface area contributed by atoms with Gasteiger partial charge < -0.3 is 15.0 Å². The summed E-state index contributed by atoms with van der Waals surface area (Å²) in [6, 6.07) is 6.07. The van der Waals surface area contributed by atoms with Crippen LogP contribution in [0.3, 0.4) is 0 Å². The first-order chi connectivity index (χ1) is 15.1. The maximum absolute atomic E-state index is 12.3. The van der Waals surface area contributed by atoms with E-state index in [1.807, 2.05) is 12.1 Å². The molecule has 31 heavy (non-hydrogen) atoms.